The number of hydrogen-bond donors (Lipinski definition) is 2. The third kappa shape index (κ3) is 5.60. The fourth-order valence-corrected chi connectivity index (χ4v) is 5.51. The second kappa shape index (κ2) is 9.13. The lowest BCUT2D eigenvalue weighted by atomic mass is 10.1. The van der Waals surface area contributed by atoms with Crippen LogP contribution in [0.5, 0.6) is 0 Å². The van der Waals surface area contributed by atoms with Crippen LogP contribution in [-0.4, -0.2) is 31.9 Å². The van der Waals surface area contributed by atoms with Gasteiger partial charge in [-0.1, -0.05) is 12.8 Å². The Morgan fingerprint density at radius 1 is 1.21 bits per heavy atom. The van der Waals surface area contributed by atoms with Gasteiger partial charge in [0, 0.05) is 23.0 Å². The summed E-state index contributed by atoms with van der Waals surface area (Å²) < 4.78 is 41.2. The highest BCUT2D eigenvalue weighted by atomic mass is 32.1. The molecule has 0 saturated heterocycles. The van der Waals surface area contributed by atoms with Crippen molar-refractivity contribution in [2.45, 2.75) is 90.6 Å². The number of hydrazine groups is 1. The van der Waals surface area contributed by atoms with Crippen LogP contribution in [0.15, 0.2) is 9.59 Å². The van der Waals surface area contributed by atoms with Crippen molar-refractivity contribution in [2.24, 2.45) is 5.73 Å². The molecule has 1 aliphatic carbocycles. The summed E-state index contributed by atoms with van der Waals surface area (Å²) in [5.74, 6) is 0. The molecule has 3 rings (SSSR count). The van der Waals surface area contributed by atoms with E-state index in [2.05, 4.69) is 5.43 Å². The molecule has 3 N–H and O–H groups in total. The van der Waals surface area contributed by atoms with Gasteiger partial charge >= 0.3 is 17.9 Å². The number of nitrogens with zero attached hydrogens (tertiary/aromatic N) is 3. The van der Waals surface area contributed by atoms with Crippen LogP contribution < -0.4 is 22.4 Å². The molecule has 0 atom stereocenters. The molecule has 2 aromatic heterocycles. The maximum atomic E-state index is 13.4. The van der Waals surface area contributed by atoms with E-state index in [4.69, 9.17) is 5.73 Å². The number of carbonyl (C=O) groups is 1. The Hall–Kier alpha value is -2.34. The normalized spacial score (nSPS) is 15.5. The van der Waals surface area contributed by atoms with Crippen LogP contribution in [-0.2, 0) is 13.1 Å². The number of carbonyl (C=O) groups excluding carboxylic acids is 1. The van der Waals surface area contributed by atoms with E-state index >= 15 is 0 Å². The largest absolute Gasteiger partial charge is 0.390 e. The molecule has 184 valence electrons. The smallest absolute Gasteiger partial charge is 0.350 e. The van der Waals surface area contributed by atoms with Crippen LogP contribution in [0.25, 0.3) is 10.2 Å². The van der Waals surface area contributed by atoms with Gasteiger partial charge in [0.2, 0.25) is 0 Å². The molecule has 2 amide bonds. The molecule has 1 aliphatic rings. The number of amides is 2. The fourth-order valence-electron chi connectivity index (χ4n) is 4.20. The minimum Gasteiger partial charge on any atom is -0.350 e. The minimum atomic E-state index is -4.45. The molecule has 1 fully saturated rings. The molecule has 2 heterocycles. The predicted octanol–water partition coefficient (Wildman–Crippen LogP) is 3.78. The Morgan fingerprint density at radius 3 is 2.33 bits per heavy atom. The Morgan fingerprint density at radius 2 is 1.82 bits per heavy atom. The van der Waals surface area contributed by atoms with Crippen LogP contribution in [0.3, 0.4) is 0 Å². The Labute approximate surface area is 193 Å². The van der Waals surface area contributed by atoms with E-state index in [1.807, 2.05) is 20.8 Å². The number of thiophene rings is 1. The van der Waals surface area contributed by atoms with Crippen LogP contribution in [0.1, 0.15) is 69.4 Å². The number of nitrogens with one attached hydrogen (secondary N) is 1. The summed E-state index contributed by atoms with van der Waals surface area (Å²) in [5, 5.41) is 1.43. The van der Waals surface area contributed by atoms with Crippen LogP contribution in [0, 0.1) is 6.92 Å². The second-order valence-electron chi connectivity index (χ2n) is 9.53. The summed E-state index contributed by atoms with van der Waals surface area (Å²) in [5.41, 5.74) is 7.34. The van der Waals surface area contributed by atoms with Gasteiger partial charge in [0.15, 0.2) is 0 Å². The van der Waals surface area contributed by atoms with Crippen molar-refractivity contribution in [1.29, 1.82) is 0 Å². The molecule has 12 heteroatoms. The summed E-state index contributed by atoms with van der Waals surface area (Å²) >= 11 is 1.05. The van der Waals surface area contributed by atoms with Gasteiger partial charge in [0.25, 0.3) is 5.56 Å². The zero-order chi connectivity index (χ0) is 24.7. The van der Waals surface area contributed by atoms with E-state index in [9.17, 15) is 27.6 Å². The molecule has 33 heavy (non-hydrogen) atoms. The second-order valence-corrected chi connectivity index (χ2v) is 10.6. The molecule has 0 unspecified atom stereocenters. The molecule has 0 radical (unpaired) electrons. The first kappa shape index (κ1) is 25.3. The third-order valence-electron chi connectivity index (χ3n) is 5.69. The Balaban J connectivity index is 2.18. The monoisotopic (exact) mass is 489 g/mol. The highest BCUT2D eigenvalue weighted by Crippen LogP contribution is 2.32. The first-order valence-electron chi connectivity index (χ1n) is 10.9. The van der Waals surface area contributed by atoms with Crippen molar-refractivity contribution in [3.8, 4) is 0 Å². The molecule has 2 aromatic rings. The number of urea groups is 1. The van der Waals surface area contributed by atoms with Crippen LogP contribution in [0.2, 0.25) is 0 Å². The van der Waals surface area contributed by atoms with E-state index in [1.165, 1.54) is 5.01 Å². The number of primary amides is 1. The van der Waals surface area contributed by atoms with Gasteiger partial charge in [-0.25, -0.2) is 15.0 Å². The van der Waals surface area contributed by atoms with Crippen LogP contribution >= 0.6 is 11.3 Å². The number of nitrogens with two attached hydrogens (primary N) is 1. The number of aryl methyl sites for hydroxylation is 2. The summed E-state index contributed by atoms with van der Waals surface area (Å²) in [6.45, 7) is 6.64. The average Bonchev–Trinajstić information content (AvgIpc) is 3.28. The van der Waals surface area contributed by atoms with Crippen molar-refractivity contribution in [3.05, 3.63) is 31.3 Å². The topological polar surface area (TPSA) is 102 Å². The first-order valence-corrected chi connectivity index (χ1v) is 11.7. The SMILES string of the molecule is Cc1c(CN(NC(C)(C)C)C(N)=O)sc2c1c(=O)n(C1CCCC1)c(=O)n2CCC(F)(F)F. The lowest BCUT2D eigenvalue weighted by Crippen LogP contribution is -2.53. The molecule has 8 nitrogen and oxygen atoms in total. The zero-order valence-electron chi connectivity index (χ0n) is 19.2. The highest BCUT2D eigenvalue weighted by Gasteiger charge is 2.31. The molecular weight excluding hydrogens is 459 g/mol. The van der Waals surface area contributed by atoms with E-state index in [0.29, 0.717) is 23.3 Å². The predicted molar refractivity (Wildman–Crippen MR) is 121 cm³/mol. The summed E-state index contributed by atoms with van der Waals surface area (Å²) in [6.07, 6.45) is -2.64. The van der Waals surface area contributed by atoms with Crippen molar-refractivity contribution in [1.82, 2.24) is 19.6 Å². The van der Waals surface area contributed by atoms with E-state index in [-0.39, 0.29) is 22.8 Å². The lowest BCUT2D eigenvalue weighted by molar-refractivity contribution is -0.136. The minimum absolute atomic E-state index is 0.00805. The maximum absolute atomic E-state index is 13.4. The van der Waals surface area contributed by atoms with Gasteiger partial charge < -0.3 is 5.73 Å². The number of alkyl halides is 3. The number of aromatic nitrogens is 2. The van der Waals surface area contributed by atoms with Gasteiger partial charge in [0.1, 0.15) is 4.83 Å². The Bertz CT molecular complexity index is 1150. The molecule has 0 spiro atoms. The lowest BCUT2D eigenvalue weighted by Gasteiger charge is -2.30. The van der Waals surface area contributed by atoms with E-state index in [1.54, 1.807) is 6.92 Å². The standard InChI is InChI=1S/C21H30F3N5O3S/c1-12-14(11-28(18(25)31)26-20(2,3)4)33-17-15(12)16(30)29(13-7-5-6-8-13)19(32)27(17)10-9-21(22,23)24/h13,26H,5-11H2,1-4H3,(H2,25,31). The fraction of sp³-hybridized carbons (Fsp3) is 0.667. The number of rotatable bonds is 6. The Kier molecular flexibility index (Phi) is 6.99. The number of hydrogen-bond acceptors (Lipinski definition) is 5. The van der Waals surface area contributed by atoms with E-state index in [0.717, 1.165) is 33.3 Å². The van der Waals surface area contributed by atoms with E-state index < -0.39 is 42.0 Å². The molecule has 0 bridgehead atoms. The van der Waals surface area contributed by atoms with Crippen molar-refractivity contribution >= 4 is 27.6 Å². The number of halogens is 3. The average molecular weight is 490 g/mol. The highest BCUT2D eigenvalue weighted by molar-refractivity contribution is 7.18. The summed E-state index contributed by atoms with van der Waals surface area (Å²) in [4.78, 5) is 39.3. The van der Waals surface area contributed by atoms with Gasteiger partial charge in [-0.2, -0.15) is 13.2 Å². The molecule has 0 aliphatic heterocycles. The molecule has 1 saturated carbocycles. The number of fused-ring (bicyclic) bond motifs is 1. The van der Waals surface area contributed by atoms with Crippen molar-refractivity contribution < 1.29 is 18.0 Å². The quantitative estimate of drug-likeness (QED) is 0.603. The van der Waals surface area contributed by atoms with Gasteiger partial charge in [-0.05, 0) is 46.1 Å². The summed E-state index contributed by atoms with van der Waals surface area (Å²) in [6, 6.07) is -1.06. The summed E-state index contributed by atoms with van der Waals surface area (Å²) in [7, 11) is 0. The van der Waals surface area contributed by atoms with Crippen LogP contribution in [0.4, 0.5) is 18.0 Å². The first-order chi connectivity index (χ1) is 15.2. The molecular formula is C21H30F3N5O3S. The molecule has 0 aromatic carbocycles. The van der Waals surface area contributed by atoms with Gasteiger partial charge in [-0.3, -0.25) is 18.9 Å². The third-order valence-corrected chi connectivity index (χ3v) is 6.99. The van der Waals surface area contributed by atoms with Crippen molar-refractivity contribution in [2.75, 3.05) is 0 Å². The maximum Gasteiger partial charge on any atom is 0.390 e. The zero-order valence-corrected chi connectivity index (χ0v) is 20.0. The van der Waals surface area contributed by atoms with Gasteiger partial charge in [0.05, 0.1) is 18.4 Å². The van der Waals surface area contributed by atoms with Crippen molar-refractivity contribution in [3.63, 3.8) is 0 Å². The van der Waals surface area contributed by atoms with Gasteiger partial charge in [-0.15, -0.1) is 11.3 Å².